The van der Waals surface area contributed by atoms with Crippen molar-refractivity contribution in [1.29, 1.82) is 0 Å². The third-order valence-corrected chi connectivity index (χ3v) is 5.32. The van der Waals surface area contributed by atoms with Crippen LogP contribution in [0, 0.1) is 6.92 Å². The van der Waals surface area contributed by atoms with Crippen molar-refractivity contribution in [2.45, 2.75) is 37.4 Å². The zero-order valence-corrected chi connectivity index (χ0v) is 17.4. The summed E-state index contributed by atoms with van der Waals surface area (Å²) in [6.45, 7) is 8.59. The largest absolute Gasteiger partial charge is 0.489 e. The number of carbonyl (C=O) groups is 1. The molecule has 1 atom stereocenters. The predicted molar refractivity (Wildman–Crippen MR) is 116 cm³/mol. The first kappa shape index (κ1) is 20.7. The standard InChI is InChI=1S/C22H24N4O2S/c1-4-14-26-17(3)24-25-22(26)29-16(2)21(27)23-19-10-12-20(13-11-19)28-15-18-8-6-5-7-9-18/h4-13,16H,1,14-15H2,2-3H3,(H,23,27). The van der Waals surface area contributed by atoms with Gasteiger partial charge in [-0.3, -0.25) is 4.79 Å². The van der Waals surface area contributed by atoms with Crippen molar-refractivity contribution in [3.05, 3.63) is 78.6 Å². The predicted octanol–water partition coefficient (Wildman–Crippen LogP) is 4.47. The molecule has 0 bridgehead atoms. The molecule has 1 unspecified atom stereocenters. The molecule has 0 fully saturated rings. The lowest BCUT2D eigenvalue weighted by atomic mass is 10.2. The van der Waals surface area contributed by atoms with Crippen molar-refractivity contribution < 1.29 is 9.53 Å². The Bertz CT molecular complexity index is 955. The molecule has 0 aliphatic heterocycles. The third-order valence-electron chi connectivity index (χ3n) is 4.24. The summed E-state index contributed by atoms with van der Waals surface area (Å²) in [4.78, 5) is 12.5. The first-order valence-corrected chi connectivity index (χ1v) is 10.2. The van der Waals surface area contributed by atoms with E-state index in [1.165, 1.54) is 11.8 Å². The van der Waals surface area contributed by atoms with Gasteiger partial charge in [0.05, 0.1) is 5.25 Å². The van der Waals surface area contributed by atoms with Gasteiger partial charge in [-0.1, -0.05) is 48.2 Å². The lowest BCUT2D eigenvalue weighted by Crippen LogP contribution is -2.23. The van der Waals surface area contributed by atoms with Crippen LogP contribution in [0.2, 0.25) is 0 Å². The van der Waals surface area contributed by atoms with Crippen LogP contribution in [0.5, 0.6) is 5.75 Å². The highest BCUT2D eigenvalue weighted by molar-refractivity contribution is 8.00. The highest BCUT2D eigenvalue weighted by atomic mass is 32.2. The lowest BCUT2D eigenvalue weighted by molar-refractivity contribution is -0.115. The van der Waals surface area contributed by atoms with Crippen LogP contribution in [-0.4, -0.2) is 25.9 Å². The van der Waals surface area contributed by atoms with Crippen molar-refractivity contribution in [2.75, 3.05) is 5.32 Å². The average molecular weight is 409 g/mol. The number of carbonyl (C=O) groups excluding carboxylic acids is 1. The minimum Gasteiger partial charge on any atom is -0.489 e. The first-order valence-electron chi connectivity index (χ1n) is 9.32. The number of rotatable bonds is 9. The maximum atomic E-state index is 12.5. The molecule has 0 saturated heterocycles. The SMILES string of the molecule is C=CCn1c(C)nnc1SC(C)C(=O)Nc1ccc(OCc2ccccc2)cc1. The lowest BCUT2D eigenvalue weighted by Gasteiger charge is -2.13. The summed E-state index contributed by atoms with van der Waals surface area (Å²) in [6.07, 6.45) is 1.78. The second kappa shape index (κ2) is 9.93. The molecular weight excluding hydrogens is 384 g/mol. The molecule has 0 spiro atoms. The number of thioether (sulfide) groups is 1. The minimum atomic E-state index is -0.323. The van der Waals surface area contributed by atoms with Crippen LogP contribution in [0.15, 0.2) is 72.4 Å². The molecule has 2 aromatic carbocycles. The Morgan fingerprint density at radius 1 is 1.21 bits per heavy atom. The molecular formula is C22H24N4O2S. The van der Waals surface area contributed by atoms with Gasteiger partial charge in [-0.15, -0.1) is 16.8 Å². The molecule has 1 N–H and O–H groups in total. The molecule has 7 heteroatoms. The topological polar surface area (TPSA) is 69.0 Å². The van der Waals surface area contributed by atoms with Gasteiger partial charge < -0.3 is 14.6 Å². The zero-order valence-electron chi connectivity index (χ0n) is 16.5. The van der Waals surface area contributed by atoms with Crippen LogP contribution >= 0.6 is 11.8 Å². The van der Waals surface area contributed by atoms with Gasteiger partial charge in [0, 0.05) is 12.2 Å². The Morgan fingerprint density at radius 3 is 2.62 bits per heavy atom. The number of anilines is 1. The number of nitrogens with zero attached hydrogens (tertiary/aromatic N) is 3. The van der Waals surface area contributed by atoms with E-state index in [1.807, 2.05) is 73.0 Å². The summed E-state index contributed by atoms with van der Waals surface area (Å²) in [5.74, 6) is 1.45. The second-order valence-corrected chi connectivity index (χ2v) is 7.79. The van der Waals surface area contributed by atoms with E-state index in [1.54, 1.807) is 6.08 Å². The molecule has 3 rings (SSSR count). The van der Waals surface area contributed by atoms with Crippen LogP contribution in [0.25, 0.3) is 0 Å². The summed E-state index contributed by atoms with van der Waals surface area (Å²) in [5.41, 5.74) is 1.83. The molecule has 1 aromatic heterocycles. The quantitative estimate of drug-likeness (QED) is 0.418. The van der Waals surface area contributed by atoms with Crippen molar-refractivity contribution in [3.8, 4) is 5.75 Å². The minimum absolute atomic E-state index is 0.0984. The Kier molecular flexibility index (Phi) is 7.08. The van der Waals surface area contributed by atoms with Gasteiger partial charge in [-0.05, 0) is 43.7 Å². The Balaban J connectivity index is 1.54. The van der Waals surface area contributed by atoms with Gasteiger partial charge in [0.2, 0.25) is 5.91 Å². The third kappa shape index (κ3) is 5.71. The molecule has 150 valence electrons. The van der Waals surface area contributed by atoms with E-state index in [-0.39, 0.29) is 11.2 Å². The van der Waals surface area contributed by atoms with E-state index in [4.69, 9.17) is 4.74 Å². The maximum absolute atomic E-state index is 12.5. The Hall–Kier alpha value is -3.06. The van der Waals surface area contributed by atoms with Crippen molar-refractivity contribution in [1.82, 2.24) is 14.8 Å². The fourth-order valence-corrected chi connectivity index (χ4v) is 3.52. The van der Waals surface area contributed by atoms with Crippen LogP contribution in [0.4, 0.5) is 5.69 Å². The molecule has 6 nitrogen and oxygen atoms in total. The molecule has 1 heterocycles. The number of aromatic nitrogens is 3. The van der Waals surface area contributed by atoms with E-state index >= 15 is 0 Å². The van der Waals surface area contributed by atoms with Crippen LogP contribution in [0.3, 0.4) is 0 Å². The van der Waals surface area contributed by atoms with Crippen LogP contribution in [0.1, 0.15) is 18.3 Å². The summed E-state index contributed by atoms with van der Waals surface area (Å²) in [7, 11) is 0. The monoisotopic (exact) mass is 408 g/mol. The van der Waals surface area contributed by atoms with E-state index in [0.717, 1.165) is 22.8 Å². The van der Waals surface area contributed by atoms with Crippen LogP contribution < -0.4 is 10.1 Å². The van der Waals surface area contributed by atoms with Gasteiger partial charge in [0.1, 0.15) is 18.2 Å². The highest BCUT2D eigenvalue weighted by Gasteiger charge is 2.19. The fourth-order valence-electron chi connectivity index (χ4n) is 2.62. The average Bonchev–Trinajstić information content (AvgIpc) is 3.08. The number of hydrogen-bond acceptors (Lipinski definition) is 5. The summed E-state index contributed by atoms with van der Waals surface area (Å²) in [5, 5.41) is 11.5. The smallest absolute Gasteiger partial charge is 0.237 e. The van der Waals surface area contributed by atoms with Gasteiger partial charge >= 0.3 is 0 Å². The summed E-state index contributed by atoms with van der Waals surface area (Å²) < 4.78 is 7.70. The van der Waals surface area contributed by atoms with Crippen LogP contribution in [-0.2, 0) is 17.9 Å². The molecule has 0 aliphatic carbocycles. The van der Waals surface area contributed by atoms with E-state index in [9.17, 15) is 4.79 Å². The fraction of sp³-hybridized carbons (Fsp3) is 0.227. The number of nitrogens with one attached hydrogen (secondary N) is 1. The van der Waals surface area contributed by atoms with E-state index in [0.29, 0.717) is 18.3 Å². The maximum Gasteiger partial charge on any atom is 0.237 e. The van der Waals surface area contributed by atoms with Gasteiger partial charge in [0.25, 0.3) is 0 Å². The number of ether oxygens (including phenoxy) is 1. The van der Waals surface area contributed by atoms with Gasteiger partial charge in [-0.25, -0.2) is 0 Å². The molecule has 29 heavy (non-hydrogen) atoms. The molecule has 3 aromatic rings. The van der Waals surface area contributed by atoms with Crippen molar-refractivity contribution in [2.24, 2.45) is 0 Å². The second-order valence-electron chi connectivity index (χ2n) is 6.48. The summed E-state index contributed by atoms with van der Waals surface area (Å²) >= 11 is 1.37. The Morgan fingerprint density at radius 2 is 1.93 bits per heavy atom. The zero-order chi connectivity index (χ0) is 20.6. The summed E-state index contributed by atoms with van der Waals surface area (Å²) in [6, 6.07) is 17.3. The number of allylic oxidation sites excluding steroid dienone is 1. The van der Waals surface area contributed by atoms with E-state index < -0.39 is 0 Å². The molecule has 0 aliphatic rings. The van der Waals surface area contributed by atoms with Crippen molar-refractivity contribution in [3.63, 3.8) is 0 Å². The van der Waals surface area contributed by atoms with E-state index in [2.05, 4.69) is 22.1 Å². The van der Waals surface area contributed by atoms with Gasteiger partial charge in [-0.2, -0.15) is 0 Å². The highest BCUT2D eigenvalue weighted by Crippen LogP contribution is 2.24. The molecule has 0 saturated carbocycles. The number of aryl methyl sites for hydroxylation is 1. The normalized spacial score (nSPS) is 11.7. The Labute approximate surface area is 175 Å². The first-order chi connectivity index (χ1) is 14.1. The number of hydrogen-bond donors (Lipinski definition) is 1. The van der Waals surface area contributed by atoms with Gasteiger partial charge in [0.15, 0.2) is 5.16 Å². The molecule has 1 amide bonds. The van der Waals surface area contributed by atoms with Crippen molar-refractivity contribution >= 4 is 23.4 Å². The molecule has 0 radical (unpaired) electrons. The number of benzene rings is 2. The number of amides is 1.